The molecule has 3 heterocycles. The molecule has 0 unspecified atom stereocenters. The Morgan fingerprint density at radius 1 is 1.06 bits per heavy atom. The average molecular weight is 441 g/mol. The van der Waals surface area contributed by atoms with Crippen molar-refractivity contribution in [2.75, 3.05) is 18.0 Å². The molecule has 166 valence electrons. The highest BCUT2D eigenvalue weighted by Crippen LogP contribution is 2.35. The minimum absolute atomic E-state index is 0.0287. The number of halogens is 1. The van der Waals surface area contributed by atoms with E-state index in [0.29, 0.717) is 11.3 Å². The van der Waals surface area contributed by atoms with Gasteiger partial charge in [0.1, 0.15) is 17.6 Å². The lowest BCUT2D eigenvalue weighted by molar-refractivity contribution is 0.393. The minimum atomic E-state index is -0.536. The predicted octanol–water partition coefficient (Wildman–Crippen LogP) is 5.33. The first kappa shape index (κ1) is 21.1. The van der Waals surface area contributed by atoms with Crippen LogP contribution in [0, 0.1) is 23.1 Å². The van der Waals surface area contributed by atoms with E-state index >= 15 is 0 Å². The summed E-state index contributed by atoms with van der Waals surface area (Å²) in [6, 6.07) is 14.6. The highest BCUT2D eigenvalue weighted by molar-refractivity contribution is 5.88. The van der Waals surface area contributed by atoms with Gasteiger partial charge in [0.05, 0.1) is 11.1 Å². The molecular formula is C26H25FN6. The molecule has 0 radical (unpaired) electrons. The summed E-state index contributed by atoms with van der Waals surface area (Å²) in [5.74, 6) is 1.02. The summed E-state index contributed by atoms with van der Waals surface area (Å²) in [6.07, 6.45) is 5.43. The van der Waals surface area contributed by atoms with E-state index in [9.17, 15) is 4.39 Å². The minimum Gasteiger partial charge on any atom is -0.355 e. The fourth-order valence-corrected chi connectivity index (χ4v) is 4.61. The van der Waals surface area contributed by atoms with E-state index in [4.69, 9.17) is 5.26 Å². The summed E-state index contributed by atoms with van der Waals surface area (Å²) in [6.45, 7) is 4.12. The number of fused-ring (bicyclic) bond motifs is 1. The third-order valence-corrected chi connectivity index (χ3v) is 6.59. The van der Waals surface area contributed by atoms with Crippen molar-refractivity contribution in [3.05, 3.63) is 60.0 Å². The van der Waals surface area contributed by atoms with Gasteiger partial charge in [-0.15, -0.1) is 10.2 Å². The molecule has 7 heteroatoms. The summed E-state index contributed by atoms with van der Waals surface area (Å²) in [5.41, 5.74) is 3.96. The molecule has 0 N–H and O–H groups in total. The summed E-state index contributed by atoms with van der Waals surface area (Å²) in [7, 11) is 1.89. The third kappa shape index (κ3) is 4.05. The molecule has 0 bridgehead atoms. The quantitative estimate of drug-likeness (QED) is 0.429. The Hall–Kier alpha value is -3.79. The number of nitrogens with zero attached hydrogens (tertiary/aromatic N) is 6. The van der Waals surface area contributed by atoms with Gasteiger partial charge in [0.2, 0.25) is 0 Å². The van der Waals surface area contributed by atoms with E-state index in [1.54, 1.807) is 10.7 Å². The standard InChI is InChI=1S/C26H25FN6/c1-3-17-8-10-33(11-9-17)25-14-22(18-4-5-20(15-28)23(27)13-18)26(30-29-25)19-6-7-24-21(12-19)16-32(2)31-24/h4-7,12-14,16-17H,3,8-11H2,1-2H3. The number of rotatable bonds is 4. The average Bonchev–Trinajstić information content (AvgIpc) is 3.23. The highest BCUT2D eigenvalue weighted by Gasteiger charge is 2.21. The Morgan fingerprint density at radius 2 is 1.85 bits per heavy atom. The van der Waals surface area contributed by atoms with Gasteiger partial charge in [0.25, 0.3) is 0 Å². The fourth-order valence-electron chi connectivity index (χ4n) is 4.61. The van der Waals surface area contributed by atoms with Gasteiger partial charge in [-0.1, -0.05) is 25.5 Å². The number of aryl methyl sites for hydroxylation is 1. The van der Waals surface area contributed by atoms with Crippen molar-refractivity contribution in [1.29, 1.82) is 5.26 Å². The van der Waals surface area contributed by atoms with Crippen molar-refractivity contribution in [2.45, 2.75) is 26.2 Å². The van der Waals surface area contributed by atoms with E-state index < -0.39 is 5.82 Å². The van der Waals surface area contributed by atoms with Crippen LogP contribution in [0.5, 0.6) is 0 Å². The number of nitriles is 1. The van der Waals surface area contributed by atoms with Gasteiger partial charge in [-0.25, -0.2) is 4.39 Å². The van der Waals surface area contributed by atoms with Crippen LogP contribution in [0.4, 0.5) is 10.2 Å². The van der Waals surface area contributed by atoms with Crippen LogP contribution < -0.4 is 4.90 Å². The van der Waals surface area contributed by atoms with E-state index in [1.165, 1.54) is 18.6 Å². The molecule has 33 heavy (non-hydrogen) atoms. The molecule has 6 nitrogen and oxygen atoms in total. The molecular weight excluding hydrogens is 415 g/mol. The van der Waals surface area contributed by atoms with Crippen LogP contribution >= 0.6 is 0 Å². The number of piperidine rings is 1. The molecule has 1 aliphatic rings. The van der Waals surface area contributed by atoms with E-state index in [2.05, 4.69) is 27.1 Å². The Balaban J connectivity index is 1.61. The summed E-state index contributed by atoms with van der Waals surface area (Å²) in [4.78, 5) is 2.26. The van der Waals surface area contributed by atoms with Crippen molar-refractivity contribution in [3.63, 3.8) is 0 Å². The number of aromatic nitrogens is 4. The molecule has 1 saturated heterocycles. The van der Waals surface area contributed by atoms with Crippen LogP contribution in [0.1, 0.15) is 31.7 Å². The largest absolute Gasteiger partial charge is 0.355 e. The summed E-state index contributed by atoms with van der Waals surface area (Å²) in [5, 5.41) is 23.8. The van der Waals surface area contributed by atoms with Crippen molar-refractivity contribution < 1.29 is 4.39 Å². The molecule has 0 saturated carbocycles. The van der Waals surface area contributed by atoms with Crippen LogP contribution in [0.3, 0.4) is 0 Å². The Bertz CT molecular complexity index is 1360. The smallest absolute Gasteiger partial charge is 0.151 e. The molecule has 1 aliphatic heterocycles. The van der Waals surface area contributed by atoms with Gasteiger partial charge in [-0.05, 0) is 54.7 Å². The van der Waals surface area contributed by atoms with E-state index in [0.717, 1.165) is 59.7 Å². The molecule has 1 fully saturated rings. The number of anilines is 1. The van der Waals surface area contributed by atoms with Crippen LogP contribution in [0.2, 0.25) is 0 Å². The van der Waals surface area contributed by atoms with Gasteiger partial charge in [0, 0.05) is 42.8 Å². The SMILES string of the molecule is CCC1CCN(c2cc(-c3ccc(C#N)c(F)c3)c(-c3ccc4nn(C)cc4c3)nn2)CC1. The Labute approximate surface area is 192 Å². The van der Waals surface area contributed by atoms with Crippen LogP contribution in [-0.2, 0) is 7.05 Å². The fraction of sp³-hybridized carbons (Fsp3) is 0.308. The van der Waals surface area contributed by atoms with Gasteiger partial charge >= 0.3 is 0 Å². The number of benzene rings is 2. The first-order chi connectivity index (χ1) is 16.1. The third-order valence-electron chi connectivity index (χ3n) is 6.59. The first-order valence-electron chi connectivity index (χ1n) is 11.3. The van der Waals surface area contributed by atoms with E-state index in [-0.39, 0.29) is 5.56 Å². The van der Waals surface area contributed by atoms with Gasteiger partial charge in [0.15, 0.2) is 5.82 Å². The topological polar surface area (TPSA) is 70.6 Å². The van der Waals surface area contributed by atoms with Crippen molar-refractivity contribution in [1.82, 2.24) is 20.0 Å². The lowest BCUT2D eigenvalue weighted by Gasteiger charge is -2.32. The maximum absolute atomic E-state index is 14.5. The predicted molar refractivity (Wildman–Crippen MR) is 127 cm³/mol. The molecule has 5 rings (SSSR count). The van der Waals surface area contributed by atoms with Crippen molar-refractivity contribution in [3.8, 4) is 28.5 Å². The van der Waals surface area contributed by atoms with Gasteiger partial charge in [-0.2, -0.15) is 10.4 Å². The van der Waals surface area contributed by atoms with E-state index in [1.807, 2.05) is 43.6 Å². The van der Waals surface area contributed by atoms with Gasteiger partial charge < -0.3 is 4.90 Å². The molecule has 0 spiro atoms. The zero-order chi connectivity index (χ0) is 22.9. The van der Waals surface area contributed by atoms with Crippen molar-refractivity contribution >= 4 is 16.7 Å². The molecule has 2 aromatic carbocycles. The van der Waals surface area contributed by atoms with Crippen LogP contribution in [-0.4, -0.2) is 33.1 Å². The molecule has 0 aliphatic carbocycles. The Kier molecular flexibility index (Phi) is 5.51. The highest BCUT2D eigenvalue weighted by atomic mass is 19.1. The second-order valence-electron chi connectivity index (χ2n) is 8.69. The lowest BCUT2D eigenvalue weighted by Crippen LogP contribution is -2.34. The monoisotopic (exact) mass is 440 g/mol. The molecule has 0 amide bonds. The summed E-state index contributed by atoms with van der Waals surface area (Å²) < 4.78 is 16.3. The lowest BCUT2D eigenvalue weighted by atomic mass is 9.94. The van der Waals surface area contributed by atoms with Crippen molar-refractivity contribution in [2.24, 2.45) is 13.0 Å². The van der Waals surface area contributed by atoms with Gasteiger partial charge in [-0.3, -0.25) is 4.68 Å². The maximum Gasteiger partial charge on any atom is 0.151 e. The zero-order valence-corrected chi connectivity index (χ0v) is 18.8. The Morgan fingerprint density at radius 3 is 2.58 bits per heavy atom. The van der Waals surface area contributed by atoms with Crippen LogP contribution in [0.25, 0.3) is 33.3 Å². The normalized spacial score (nSPS) is 14.5. The second-order valence-corrected chi connectivity index (χ2v) is 8.69. The number of hydrogen-bond donors (Lipinski definition) is 0. The molecule has 0 atom stereocenters. The summed E-state index contributed by atoms with van der Waals surface area (Å²) >= 11 is 0. The first-order valence-corrected chi connectivity index (χ1v) is 11.3. The molecule has 4 aromatic rings. The zero-order valence-electron chi connectivity index (χ0n) is 18.8. The number of hydrogen-bond acceptors (Lipinski definition) is 5. The van der Waals surface area contributed by atoms with Crippen LogP contribution in [0.15, 0.2) is 48.7 Å². The molecule has 2 aromatic heterocycles. The maximum atomic E-state index is 14.5. The second kappa shape index (κ2) is 8.62.